The summed E-state index contributed by atoms with van der Waals surface area (Å²) in [7, 11) is -3.74. The maximum atomic E-state index is 12.9. The number of non-ortho nitro benzene ring substituents is 1. The van der Waals surface area contributed by atoms with Crippen molar-refractivity contribution in [2.45, 2.75) is 24.2 Å². The van der Waals surface area contributed by atoms with Crippen LogP contribution in [0.4, 0.5) is 5.69 Å². The second kappa shape index (κ2) is 6.33. The molecule has 1 aliphatic rings. The van der Waals surface area contributed by atoms with Crippen LogP contribution in [0.2, 0.25) is 0 Å². The van der Waals surface area contributed by atoms with Crippen LogP contribution in [0.15, 0.2) is 53.4 Å². The largest absolute Gasteiger partial charge is 0.270 e. The quantitative estimate of drug-likeness (QED) is 0.629. The van der Waals surface area contributed by atoms with Gasteiger partial charge < -0.3 is 0 Å². The number of hydrogen-bond donors (Lipinski definition) is 0. The van der Waals surface area contributed by atoms with Crippen molar-refractivity contribution in [1.29, 1.82) is 0 Å². The van der Waals surface area contributed by atoms with Gasteiger partial charge in [0.15, 0.2) is 0 Å². The molecule has 1 aliphatic heterocycles. The zero-order valence-corrected chi connectivity index (χ0v) is 14.1. The number of benzene rings is 2. The Labute approximate surface area is 140 Å². The van der Waals surface area contributed by atoms with Crippen LogP contribution in [0, 0.1) is 17.0 Å². The summed E-state index contributed by atoms with van der Waals surface area (Å²) in [5.74, 6) is 0.153. The Morgan fingerprint density at radius 1 is 1.17 bits per heavy atom. The lowest BCUT2D eigenvalue weighted by Gasteiger charge is -2.18. The fraction of sp³-hybridized carbons (Fsp3) is 0.294. The zero-order valence-electron chi connectivity index (χ0n) is 13.3. The molecule has 0 amide bonds. The first-order valence-corrected chi connectivity index (χ1v) is 9.14. The van der Waals surface area contributed by atoms with Gasteiger partial charge in [0.25, 0.3) is 5.69 Å². The van der Waals surface area contributed by atoms with E-state index in [9.17, 15) is 18.5 Å². The highest BCUT2D eigenvalue weighted by Crippen LogP contribution is 2.32. The lowest BCUT2D eigenvalue weighted by Crippen LogP contribution is -2.29. The van der Waals surface area contributed by atoms with Gasteiger partial charge in [0.05, 0.1) is 9.82 Å². The molecule has 7 heteroatoms. The molecular formula is C17H18N2O4S. The van der Waals surface area contributed by atoms with Crippen molar-refractivity contribution in [2.75, 3.05) is 13.1 Å². The van der Waals surface area contributed by atoms with Crippen LogP contribution in [-0.4, -0.2) is 30.7 Å². The molecule has 0 spiro atoms. The number of rotatable bonds is 4. The van der Waals surface area contributed by atoms with E-state index in [2.05, 4.69) is 0 Å². The molecule has 0 radical (unpaired) electrons. The summed E-state index contributed by atoms with van der Waals surface area (Å²) in [5.41, 5.74) is 1.42. The Balaban J connectivity index is 1.90. The minimum atomic E-state index is -3.74. The minimum absolute atomic E-state index is 0.0189. The highest BCUT2D eigenvalue weighted by Gasteiger charge is 2.34. The van der Waals surface area contributed by atoms with Crippen LogP contribution in [0.3, 0.4) is 0 Å². The van der Waals surface area contributed by atoms with Crippen molar-refractivity contribution in [1.82, 2.24) is 4.31 Å². The van der Waals surface area contributed by atoms with E-state index in [0.717, 1.165) is 18.1 Å². The first kappa shape index (κ1) is 16.6. The summed E-state index contributed by atoms with van der Waals surface area (Å²) in [4.78, 5) is 10.4. The number of aryl methyl sites for hydroxylation is 1. The van der Waals surface area contributed by atoms with Gasteiger partial charge in [-0.3, -0.25) is 10.1 Å². The minimum Gasteiger partial charge on any atom is -0.258 e. The molecule has 0 N–H and O–H groups in total. The number of nitro groups is 1. The molecule has 3 rings (SSSR count). The average Bonchev–Trinajstić information content (AvgIpc) is 3.06. The first-order chi connectivity index (χ1) is 11.4. The SMILES string of the molecule is Cc1ccc([N+](=O)[O-])cc1S(=O)(=O)N1CCC(c2ccccc2)C1. The predicted octanol–water partition coefficient (Wildman–Crippen LogP) is 3.08. The molecule has 2 aromatic rings. The number of nitrogens with zero attached hydrogens (tertiary/aromatic N) is 2. The fourth-order valence-electron chi connectivity index (χ4n) is 3.06. The lowest BCUT2D eigenvalue weighted by molar-refractivity contribution is -0.385. The maximum Gasteiger partial charge on any atom is 0.270 e. The molecule has 126 valence electrons. The smallest absolute Gasteiger partial charge is 0.258 e. The predicted molar refractivity (Wildman–Crippen MR) is 90.4 cm³/mol. The van der Waals surface area contributed by atoms with Crippen LogP contribution < -0.4 is 0 Å². The molecule has 1 atom stereocenters. The lowest BCUT2D eigenvalue weighted by atomic mass is 9.99. The van der Waals surface area contributed by atoms with Gasteiger partial charge in [-0.1, -0.05) is 36.4 Å². The van der Waals surface area contributed by atoms with Crippen LogP contribution >= 0.6 is 0 Å². The van der Waals surface area contributed by atoms with E-state index in [4.69, 9.17) is 0 Å². The Morgan fingerprint density at radius 2 is 1.88 bits per heavy atom. The summed E-state index contributed by atoms with van der Waals surface area (Å²) in [6.07, 6.45) is 0.747. The molecule has 0 aromatic heterocycles. The molecule has 0 saturated carbocycles. The molecule has 1 unspecified atom stereocenters. The van der Waals surface area contributed by atoms with Crippen molar-refractivity contribution in [3.8, 4) is 0 Å². The van der Waals surface area contributed by atoms with Crippen molar-refractivity contribution < 1.29 is 13.3 Å². The van der Waals surface area contributed by atoms with Crippen molar-refractivity contribution >= 4 is 15.7 Å². The molecule has 24 heavy (non-hydrogen) atoms. The summed E-state index contributed by atoms with van der Waals surface area (Å²) < 4.78 is 27.2. The molecule has 1 fully saturated rings. The Bertz CT molecular complexity index is 865. The standard InChI is InChI=1S/C17H18N2O4S/c1-13-7-8-16(19(20)21)11-17(13)24(22,23)18-10-9-15(12-18)14-5-3-2-4-6-14/h2-8,11,15H,9-10,12H2,1H3. The Hall–Kier alpha value is -2.25. The third-order valence-electron chi connectivity index (χ3n) is 4.42. The van der Waals surface area contributed by atoms with Crippen molar-refractivity contribution in [2.24, 2.45) is 0 Å². The normalized spacial score (nSPS) is 18.6. The highest BCUT2D eigenvalue weighted by atomic mass is 32.2. The van der Waals surface area contributed by atoms with Crippen LogP contribution in [0.1, 0.15) is 23.5 Å². The van der Waals surface area contributed by atoms with E-state index in [1.54, 1.807) is 6.92 Å². The summed E-state index contributed by atoms with van der Waals surface area (Å²) >= 11 is 0. The second-order valence-corrected chi connectivity index (χ2v) is 7.87. The van der Waals surface area contributed by atoms with Gasteiger partial charge in [0, 0.05) is 25.2 Å². The molecule has 0 aliphatic carbocycles. The monoisotopic (exact) mass is 346 g/mol. The van der Waals surface area contributed by atoms with Gasteiger partial charge in [0.1, 0.15) is 0 Å². The van der Waals surface area contributed by atoms with E-state index < -0.39 is 14.9 Å². The number of hydrogen-bond acceptors (Lipinski definition) is 4. The molecule has 1 saturated heterocycles. The maximum absolute atomic E-state index is 12.9. The second-order valence-electron chi connectivity index (χ2n) is 5.97. The molecule has 0 bridgehead atoms. The van der Waals surface area contributed by atoms with Crippen molar-refractivity contribution in [3.05, 3.63) is 69.8 Å². The van der Waals surface area contributed by atoms with Gasteiger partial charge in [-0.25, -0.2) is 8.42 Å². The average molecular weight is 346 g/mol. The van der Waals surface area contributed by atoms with Crippen molar-refractivity contribution in [3.63, 3.8) is 0 Å². The van der Waals surface area contributed by atoms with E-state index >= 15 is 0 Å². The van der Waals surface area contributed by atoms with Gasteiger partial charge in [-0.2, -0.15) is 4.31 Å². The third kappa shape index (κ3) is 3.05. The molecule has 2 aromatic carbocycles. The Kier molecular flexibility index (Phi) is 4.38. The van der Waals surface area contributed by atoms with Gasteiger partial charge in [0.2, 0.25) is 10.0 Å². The summed E-state index contributed by atoms with van der Waals surface area (Å²) in [6.45, 7) is 2.47. The van der Waals surface area contributed by atoms with E-state index in [1.807, 2.05) is 30.3 Å². The third-order valence-corrected chi connectivity index (χ3v) is 6.43. The first-order valence-electron chi connectivity index (χ1n) is 7.70. The topological polar surface area (TPSA) is 80.5 Å². The van der Waals surface area contributed by atoms with Crippen LogP contribution in [-0.2, 0) is 10.0 Å². The van der Waals surface area contributed by atoms with Crippen LogP contribution in [0.5, 0.6) is 0 Å². The van der Waals surface area contributed by atoms with Gasteiger partial charge in [-0.15, -0.1) is 0 Å². The number of nitro benzene ring substituents is 1. The number of sulfonamides is 1. The van der Waals surface area contributed by atoms with Gasteiger partial charge in [-0.05, 0) is 30.4 Å². The van der Waals surface area contributed by atoms with Crippen LogP contribution in [0.25, 0.3) is 0 Å². The molecule has 1 heterocycles. The summed E-state index contributed by atoms with van der Waals surface area (Å²) in [6, 6.07) is 13.8. The molecular weight excluding hydrogens is 328 g/mol. The zero-order chi connectivity index (χ0) is 17.3. The van der Waals surface area contributed by atoms with Gasteiger partial charge >= 0.3 is 0 Å². The van der Waals surface area contributed by atoms with E-state index in [1.165, 1.54) is 16.4 Å². The fourth-order valence-corrected chi connectivity index (χ4v) is 4.81. The van der Waals surface area contributed by atoms with E-state index in [-0.39, 0.29) is 16.5 Å². The highest BCUT2D eigenvalue weighted by molar-refractivity contribution is 7.89. The summed E-state index contributed by atoms with van der Waals surface area (Å²) in [5, 5.41) is 10.9. The van der Waals surface area contributed by atoms with E-state index in [0.29, 0.717) is 18.7 Å². The Morgan fingerprint density at radius 3 is 2.54 bits per heavy atom. The molecule has 6 nitrogen and oxygen atoms in total.